The maximum absolute atomic E-state index is 12.2. The number of thiophene rings is 1. The van der Waals surface area contributed by atoms with Gasteiger partial charge in [0.05, 0.1) is 4.88 Å². The third kappa shape index (κ3) is 3.11. The molecule has 20 heavy (non-hydrogen) atoms. The van der Waals surface area contributed by atoms with Crippen LogP contribution in [-0.2, 0) is 0 Å². The van der Waals surface area contributed by atoms with Gasteiger partial charge in [0.2, 0.25) is 0 Å². The largest absolute Gasteiger partial charge is 0.347 e. The van der Waals surface area contributed by atoms with Gasteiger partial charge in [-0.15, -0.1) is 11.3 Å². The Balaban J connectivity index is 1.72. The number of hydrogen-bond acceptors (Lipinski definition) is 3. The van der Waals surface area contributed by atoms with E-state index in [1.165, 1.54) is 11.3 Å². The number of amides is 1. The minimum atomic E-state index is 0.0343. The van der Waals surface area contributed by atoms with Crippen LogP contribution >= 0.6 is 27.3 Å². The van der Waals surface area contributed by atoms with E-state index in [1.54, 1.807) is 0 Å². The van der Waals surface area contributed by atoms with Crippen molar-refractivity contribution in [2.24, 2.45) is 0 Å². The molecule has 0 spiro atoms. The van der Waals surface area contributed by atoms with Gasteiger partial charge < -0.3 is 10.6 Å². The van der Waals surface area contributed by atoms with Crippen LogP contribution in [-0.4, -0.2) is 25.0 Å². The van der Waals surface area contributed by atoms with Crippen LogP contribution in [0, 0.1) is 0 Å². The van der Waals surface area contributed by atoms with E-state index in [4.69, 9.17) is 0 Å². The smallest absolute Gasteiger partial charge is 0.261 e. The molecule has 0 aliphatic carbocycles. The summed E-state index contributed by atoms with van der Waals surface area (Å²) in [4.78, 5) is 14.1. The summed E-state index contributed by atoms with van der Waals surface area (Å²) in [6, 6.07) is 12.3. The third-order valence-electron chi connectivity index (χ3n) is 3.35. The molecule has 1 aliphatic rings. The lowest BCUT2D eigenvalue weighted by atomic mass is 10.2. The predicted molar refractivity (Wildman–Crippen MR) is 86.2 cm³/mol. The van der Waals surface area contributed by atoms with Gasteiger partial charge in [-0.25, -0.2) is 0 Å². The topological polar surface area (TPSA) is 41.1 Å². The molecule has 1 fully saturated rings. The van der Waals surface area contributed by atoms with E-state index >= 15 is 0 Å². The van der Waals surface area contributed by atoms with Gasteiger partial charge in [-0.1, -0.05) is 28.1 Å². The minimum absolute atomic E-state index is 0.0343. The summed E-state index contributed by atoms with van der Waals surface area (Å²) in [5.74, 6) is 0.0343. The third-order valence-corrected chi connectivity index (χ3v) is 5.02. The van der Waals surface area contributed by atoms with Crippen molar-refractivity contribution < 1.29 is 4.79 Å². The van der Waals surface area contributed by atoms with E-state index in [9.17, 15) is 4.79 Å². The van der Waals surface area contributed by atoms with Crippen molar-refractivity contribution in [2.45, 2.75) is 12.5 Å². The number of nitrogens with one attached hydrogen (secondary N) is 2. The molecular weight excluding hydrogens is 336 g/mol. The lowest BCUT2D eigenvalue weighted by molar-refractivity contribution is 0.0944. The minimum Gasteiger partial charge on any atom is -0.347 e. The second-order valence-electron chi connectivity index (χ2n) is 4.83. The number of benzene rings is 1. The van der Waals surface area contributed by atoms with Gasteiger partial charge in [-0.2, -0.15) is 0 Å². The number of halogens is 1. The zero-order chi connectivity index (χ0) is 13.9. The molecule has 3 nitrogen and oxygen atoms in total. The van der Waals surface area contributed by atoms with E-state index < -0.39 is 0 Å². The summed E-state index contributed by atoms with van der Waals surface area (Å²) in [6.07, 6.45) is 1.01. The van der Waals surface area contributed by atoms with E-state index in [2.05, 4.69) is 38.7 Å². The van der Waals surface area contributed by atoms with Crippen molar-refractivity contribution in [3.8, 4) is 10.4 Å². The molecule has 1 atom stereocenters. The Bertz CT molecular complexity index is 603. The van der Waals surface area contributed by atoms with Crippen molar-refractivity contribution in [1.82, 2.24) is 10.6 Å². The molecule has 0 bridgehead atoms. The summed E-state index contributed by atoms with van der Waals surface area (Å²) in [5.41, 5.74) is 1.14. The van der Waals surface area contributed by atoms with Gasteiger partial charge in [0.15, 0.2) is 0 Å². The molecule has 0 saturated carbocycles. The highest BCUT2D eigenvalue weighted by Crippen LogP contribution is 2.29. The molecule has 1 aromatic heterocycles. The molecule has 1 saturated heterocycles. The van der Waals surface area contributed by atoms with Crippen LogP contribution in [0.15, 0.2) is 40.9 Å². The maximum atomic E-state index is 12.2. The fraction of sp³-hybridized carbons (Fsp3) is 0.267. The summed E-state index contributed by atoms with van der Waals surface area (Å²) in [5, 5.41) is 6.32. The summed E-state index contributed by atoms with van der Waals surface area (Å²) in [7, 11) is 0. The highest BCUT2D eigenvalue weighted by Gasteiger charge is 2.18. The first-order valence-corrected chi connectivity index (χ1v) is 8.21. The highest BCUT2D eigenvalue weighted by molar-refractivity contribution is 9.10. The normalized spacial score (nSPS) is 18.1. The molecule has 2 heterocycles. The van der Waals surface area contributed by atoms with Gasteiger partial charge in [-0.05, 0) is 42.8 Å². The molecule has 104 valence electrons. The van der Waals surface area contributed by atoms with E-state index in [-0.39, 0.29) is 11.9 Å². The van der Waals surface area contributed by atoms with Crippen molar-refractivity contribution in [2.75, 3.05) is 13.1 Å². The number of carbonyl (C=O) groups excluding carboxylic acids is 1. The molecule has 3 rings (SSSR count). The van der Waals surface area contributed by atoms with Crippen LogP contribution in [0.2, 0.25) is 0 Å². The van der Waals surface area contributed by atoms with Crippen LogP contribution in [0.4, 0.5) is 0 Å². The highest BCUT2D eigenvalue weighted by atomic mass is 79.9. The second kappa shape index (κ2) is 6.08. The van der Waals surface area contributed by atoms with Crippen molar-refractivity contribution >= 4 is 33.2 Å². The standard InChI is InChI=1S/C15H15BrN2OS/c16-11-3-1-10(2-4-11)13-5-6-14(20-13)15(19)18-12-7-8-17-9-12/h1-6,12,17H,7-9H2,(H,18,19). The SMILES string of the molecule is O=C(NC1CCNC1)c1ccc(-c2ccc(Br)cc2)s1. The van der Waals surface area contributed by atoms with Crippen molar-refractivity contribution in [1.29, 1.82) is 0 Å². The Kier molecular flexibility index (Phi) is 4.19. The Labute approximate surface area is 130 Å². The Morgan fingerprint density at radius 1 is 1.25 bits per heavy atom. The van der Waals surface area contributed by atoms with Crippen molar-refractivity contribution in [3.63, 3.8) is 0 Å². The first-order chi connectivity index (χ1) is 9.72. The average Bonchev–Trinajstić information content (AvgIpc) is 3.10. The van der Waals surface area contributed by atoms with Gasteiger partial charge in [0, 0.05) is 21.9 Å². The van der Waals surface area contributed by atoms with Gasteiger partial charge >= 0.3 is 0 Å². The van der Waals surface area contributed by atoms with E-state index in [0.29, 0.717) is 0 Å². The molecule has 2 aromatic rings. The Hall–Kier alpha value is -1.17. The summed E-state index contributed by atoms with van der Waals surface area (Å²) < 4.78 is 1.06. The Morgan fingerprint density at radius 2 is 2.05 bits per heavy atom. The molecule has 1 aromatic carbocycles. The fourth-order valence-electron chi connectivity index (χ4n) is 2.26. The molecule has 2 N–H and O–H groups in total. The average molecular weight is 351 g/mol. The number of carbonyl (C=O) groups is 1. The molecule has 1 amide bonds. The molecular formula is C15H15BrN2OS. The van der Waals surface area contributed by atoms with Gasteiger partial charge in [0.1, 0.15) is 0 Å². The fourth-order valence-corrected chi connectivity index (χ4v) is 3.44. The molecule has 1 unspecified atom stereocenters. The lowest BCUT2D eigenvalue weighted by Gasteiger charge is -2.09. The monoisotopic (exact) mass is 350 g/mol. The first kappa shape index (κ1) is 13.8. The lowest BCUT2D eigenvalue weighted by Crippen LogP contribution is -2.35. The maximum Gasteiger partial charge on any atom is 0.261 e. The molecule has 1 aliphatic heterocycles. The van der Waals surface area contributed by atoms with Gasteiger partial charge in [0.25, 0.3) is 5.91 Å². The van der Waals surface area contributed by atoms with Crippen LogP contribution in [0.5, 0.6) is 0 Å². The van der Waals surface area contributed by atoms with Crippen LogP contribution in [0.3, 0.4) is 0 Å². The van der Waals surface area contributed by atoms with Crippen LogP contribution in [0.25, 0.3) is 10.4 Å². The summed E-state index contributed by atoms with van der Waals surface area (Å²) >= 11 is 4.96. The molecule has 0 radical (unpaired) electrons. The Morgan fingerprint density at radius 3 is 2.75 bits per heavy atom. The van der Waals surface area contributed by atoms with E-state index in [1.807, 2.05) is 24.3 Å². The van der Waals surface area contributed by atoms with Crippen molar-refractivity contribution in [3.05, 3.63) is 45.7 Å². The van der Waals surface area contributed by atoms with Crippen LogP contribution in [0.1, 0.15) is 16.1 Å². The quantitative estimate of drug-likeness (QED) is 0.891. The molecule has 5 heteroatoms. The van der Waals surface area contributed by atoms with E-state index in [0.717, 1.165) is 39.3 Å². The first-order valence-electron chi connectivity index (χ1n) is 6.60. The summed E-state index contributed by atoms with van der Waals surface area (Å²) in [6.45, 7) is 1.86. The predicted octanol–water partition coefficient (Wildman–Crippen LogP) is 3.27. The number of hydrogen-bond donors (Lipinski definition) is 2. The zero-order valence-corrected chi connectivity index (χ0v) is 13.3. The van der Waals surface area contributed by atoms with Gasteiger partial charge in [-0.3, -0.25) is 4.79 Å². The van der Waals surface area contributed by atoms with Crippen LogP contribution < -0.4 is 10.6 Å². The zero-order valence-electron chi connectivity index (χ0n) is 10.9. The second-order valence-corrected chi connectivity index (χ2v) is 6.83. The number of rotatable bonds is 3.